The first kappa shape index (κ1) is 18.0. The molecule has 1 aromatic carbocycles. The number of aliphatic hydroxyl groups excluding tert-OH is 1. The Kier molecular flexibility index (Phi) is 5.58. The lowest BCUT2D eigenvalue weighted by atomic mass is 10.0. The van der Waals surface area contributed by atoms with Crippen LogP contribution >= 0.6 is 0 Å². The van der Waals surface area contributed by atoms with E-state index in [2.05, 4.69) is 5.32 Å². The Bertz CT molecular complexity index is 758. The van der Waals surface area contributed by atoms with Crippen molar-refractivity contribution in [1.82, 2.24) is 10.2 Å². The monoisotopic (exact) mass is 358 g/mol. The summed E-state index contributed by atoms with van der Waals surface area (Å²) in [5.41, 5.74) is 0.584. The van der Waals surface area contributed by atoms with Crippen molar-refractivity contribution in [2.45, 2.75) is 25.5 Å². The van der Waals surface area contributed by atoms with Crippen molar-refractivity contribution in [2.75, 3.05) is 19.7 Å². The second-order valence-corrected chi connectivity index (χ2v) is 6.10. The number of amides is 2. The van der Waals surface area contributed by atoms with Gasteiger partial charge in [-0.05, 0) is 31.5 Å². The molecule has 2 atom stereocenters. The molecule has 1 fully saturated rings. The summed E-state index contributed by atoms with van der Waals surface area (Å²) in [6.07, 6.45) is -0.383. The first-order valence-corrected chi connectivity index (χ1v) is 8.64. The number of nitrogens with zero attached hydrogens (tertiary/aromatic N) is 1. The van der Waals surface area contributed by atoms with E-state index in [1.807, 2.05) is 13.0 Å². The predicted octanol–water partition coefficient (Wildman–Crippen LogP) is 1.68. The molecule has 0 aliphatic carbocycles. The van der Waals surface area contributed by atoms with Crippen molar-refractivity contribution in [2.24, 2.45) is 0 Å². The largest absolute Gasteiger partial charge is 0.465 e. The summed E-state index contributed by atoms with van der Waals surface area (Å²) >= 11 is 0. The second-order valence-electron chi connectivity index (χ2n) is 6.10. The molecule has 2 heterocycles. The Morgan fingerprint density at radius 3 is 2.73 bits per heavy atom. The summed E-state index contributed by atoms with van der Waals surface area (Å²) in [6.45, 7) is 2.89. The third-order valence-electron chi connectivity index (χ3n) is 4.30. The summed E-state index contributed by atoms with van der Waals surface area (Å²) in [6, 6.07) is 11.6. The lowest BCUT2D eigenvalue weighted by molar-refractivity contribution is 0.0310. The van der Waals surface area contributed by atoms with Gasteiger partial charge in [-0.1, -0.05) is 18.2 Å². The number of hydrogen-bond acceptors (Lipinski definition) is 5. The van der Waals surface area contributed by atoms with E-state index in [0.29, 0.717) is 25.1 Å². The van der Waals surface area contributed by atoms with E-state index in [0.717, 1.165) is 0 Å². The number of carbonyl (C=O) groups excluding carboxylic acids is 2. The second kappa shape index (κ2) is 8.05. The highest BCUT2D eigenvalue weighted by Crippen LogP contribution is 2.18. The molecule has 0 unspecified atom stereocenters. The van der Waals surface area contributed by atoms with E-state index in [4.69, 9.17) is 9.15 Å². The number of rotatable bonds is 5. The fourth-order valence-electron chi connectivity index (χ4n) is 2.95. The number of piperidine rings is 1. The molecule has 26 heavy (non-hydrogen) atoms. The van der Waals surface area contributed by atoms with Gasteiger partial charge in [-0.25, -0.2) is 0 Å². The van der Waals surface area contributed by atoms with E-state index >= 15 is 0 Å². The van der Waals surface area contributed by atoms with Gasteiger partial charge in [0.1, 0.15) is 0 Å². The number of carbonyl (C=O) groups is 2. The molecule has 1 aromatic heterocycles. The maximum Gasteiger partial charge on any atom is 0.287 e. The molecule has 0 bridgehead atoms. The molecule has 7 heteroatoms. The van der Waals surface area contributed by atoms with Crippen LogP contribution in [-0.2, 0) is 0 Å². The maximum atomic E-state index is 12.5. The van der Waals surface area contributed by atoms with Crippen molar-refractivity contribution >= 4 is 11.8 Å². The molecule has 0 radical (unpaired) electrons. The van der Waals surface area contributed by atoms with Crippen molar-refractivity contribution in [3.63, 3.8) is 0 Å². The van der Waals surface area contributed by atoms with Crippen LogP contribution in [0.2, 0.25) is 0 Å². The average molecular weight is 358 g/mol. The van der Waals surface area contributed by atoms with Crippen LogP contribution in [0.4, 0.5) is 0 Å². The molecule has 1 aliphatic heterocycles. The van der Waals surface area contributed by atoms with Gasteiger partial charge >= 0.3 is 0 Å². The van der Waals surface area contributed by atoms with Crippen molar-refractivity contribution < 1.29 is 23.8 Å². The van der Waals surface area contributed by atoms with Gasteiger partial charge in [0.05, 0.1) is 18.8 Å². The molecule has 2 amide bonds. The minimum Gasteiger partial charge on any atom is -0.465 e. The van der Waals surface area contributed by atoms with Crippen molar-refractivity contribution in [3.8, 4) is 5.95 Å². The van der Waals surface area contributed by atoms with Crippen molar-refractivity contribution in [1.29, 1.82) is 0 Å². The molecule has 1 saturated heterocycles. The van der Waals surface area contributed by atoms with E-state index < -0.39 is 18.1 Å². The quantitative estimate of drug-likeness (QED) is 0.848. The molecular weight excluding hydrogens is 336 g/mol. The smallest absolute Gasteiger partial charge is 0.287 e. The topological polar surface area (TPSA) is 92.0 Å². The molecule has 3 rings (SSSR count). The minimum atomic E-state index is -0.846. The standard InChI is InChI=1S/C19H22N2O5/c1-2-25-17-9-8-16(26-17)18(23)20-14-10-11-21(12-15(14)22)19(24)13-6-4-3-5-7-13/h3-9,14-15,22H,2,10-12H2,1H3,(H,20,23)/t14-,15-/m1/s1. The Morgan fingerprint density at radius 2 is 2.04 bits per heavy atom. The lowest BCUT2D eigenvalue weighted by Crippen LogP contribution is -2.55. The zero-order valence-corrected chi connectivity index (χ0v) is 14.6. The number of aliphatic hydroxyl groups is 1. The van der Waals surface area contributed by atoms with E-state index in [9.17, 15) is 14.7 Å². The number of β-amino-alcohol motifs (C(OH)–C–C–N with tert-alkyl or cyclic N) is 1. The maximum absolute atomic E-state index is 12.5. The Labute approximate surface area is 151 Å². The first-order chi connectivity index (χ1) is 12.6. The van der Waals surface area contributed by atoms with Crippen LogP contribution < -0.4 is 10.1 Å². The van der Waals surface area contributed by atoms with Crippen LogP contribution in [0.15, 0.2) is 46.9 Å². The predicted molar refractivity (Wildman–Crippen MR) is 94.1 cm³/mol. The van der Waals surface area contributed by atoms with E-state index in [1.54, 1.807) is 35.2 Å². The van der Waals surface area contributed by atoms with Gasteiger partial charge in [0.25, 0.3) is 17.8 Å². The van der Waals surface area contributed by atoms with Gasteiger partial charge < -0.3 is 24.5 Å². The number of likely N-dealkylation sites (tertiary alicyclic amines) is 1. The zero-order chi connectivity index (χ0) is 18.5. The first-order valence-electron chi connectivity index (χ1n) is 8.64. The Balaban J connectivity index is 1.56. The van der Waals surface area contributed by atoms with Gasteiger partial charge in [0.15, 0.2) is 5.76 Å². The van der Waals surface area contributed by atoms with Gasteiger partial charge in [-0.2, -0.15) is 0 Å². The van der Waals surface area contributed by atoms with Crippen LogP contribution in [0.1, 0.15) is 34.3 Å². The van der Waals surface area contributed by atoms with Crippen LogP contribution in [0.25, 0.3) is 0 Å². The van der Waals surface area contributed by atoms with Crippen LogP contribution in [0, 0.1) is 0 Å². The molecule has 0 spiro atoms. The number of nitrogens with one attached hydrogen (secondary N) is 1. The third kappa shape index (κ3) is 4.05. The molecule has 138 valence electrons. The van der Waals surface area contributed by atoms with Crippen LogP contribution in [0.5, 0.6) is 5.95 Å². The highest BCUT2D eigenvalue weighted by atomic mass is 16.6. The minimum absolute atomic E-state index is 0.123. The Hall–Kier alpha value is -2.80. The number of hydrogen-bond donors (Lipinski definition) is 2. The van der Waals surface area contributed by atoms with Crippen LogP contribution in [0.3, 0.4) is 0 Å². The number of furan rings is 1. The molecule has 1 aliphatic rings. The normalized spacial score (nSPS) is 19.8. The summed E-state index contributed by atoms with van der Waals surface area (Å²) in [4.78, 5) is 26.3. The highest BCUT2D eigenvalue weighted by Gasteiger charge is 2.32. The van der Waals surface area contributed by atoms with E-state index in [1.165, 1.54) is 6.07 Å². The fraction of sp³-hybridized carbons (Fsp3) is 0.368. The summed E-state index contributed by atoms with van der Waals surface area (Å²) in [7, 11) is 0. The van der Waals surface area contributed by atoms with Gasteiger partial charge in [-0.15, -0.1) is 0 Å². The number of ether oxygens (including phenoxy) is 1. The molecule has 2 N–H and O–H groups in total. The molecule has 2 aromatic rings. The lowest BCUT2D eigenvalue weighted by Gasteiger charge is -2.36. The summed E-state index contributed by atoms with van der Waals surface area (Å²) in [5, 5.41) is 13.1. The highest BCUT2D eigenvalue weighted by molar-refractivity contribution is 5.94. The van der Waals surface area contributed by atoms with Gasteiger partial charge in [-0.3, -0.25) is 9.59 Å². The number of benzene rings is 1. The van der Waals surface area contributed by atoms with Gasteiger partial charge in [0, 0.05) is 24.7 Å². The van der Waals surface area contributed by atoms with Crippen molar-refractivity contribution in [3.05, 3.63) is 53.8 Å². The molecule has 7 nitrogen and oxygen atoms in total. The Morgan fingerprint density at radius 1 is 1.27 bits per heavy atom. The average Bonchev–Trinajstić information content (AvgIpc) is 3.12. The van der Waals surface area contributed by atoms with Gasteiger partial charge in [0.2, 0.25) is 0 Å². The zero-order valence-electron chi connectivity index (χ0n) is 14.6. The summed E-state index contributed by atoms with van der Waals surface area (Å²) < 4.78 is 10.5. The molecular formula is C19H22N2O5. The molecule has 0 saturated carbocycles. The van der Waals surface area contributed by atoms with E-state index in [-0.39, 0.29) is 24.2 Å². The third-order valence-corrected chi connectivity index (χ3v) is 4.30. The van der Waals surface area contributed by atoms with Crippen LogP contribution in [-0.4, -0.2) is 53.7 Å². The summed E-state index contributed by atoms with van der Waals surface area (Å²) in [5.74, 6) is -0.130. The SMILES string of the molecule is CCOc1ccc(C(=O)N[C@@H]2CCN(C(=O)c3ccccc3)C[C@H]2O)o1. The fourth-order valence-corrected chi connectivity index (χ4v) is 2.95.